The molecule has 0 bridgehead atoms. The van der Waals surface area contributed by atoms with Gasteiger partial charge in [-0.15, -0.1) is 0 Å². The Bertz CT molecular complexity index is 180. The molecule has 0 saturated heterocycles. The van der Waals surface area contributed by atoms with Crippen LogP contribution in [-0.2, 0) is 9.59 Å². The zero-order chi connectivity index (χ0) is 9.72. The lowest BCUT2D eigenvalue weighted by atomic mass is 9.97. The number of hydrogen-bond donors (Lipinski definition) is 3. The monoisotopic (exact) mass is 175 g/mol. The molecular weight excluding hydrogens is 162 g/mol. The predicted octanol–water partition coefficient (Wildman–Crippen LogP) is -0.101. The fourth-order valence-corrected chi connectivity index (χ4v) is 0.774. The Labute approximate surface area is 70.2 Å². The predicted molar refractivity (Wildman–Crippen MR) is 41.6 cm³/mol. The molecule has 2 atom stereocenters. The summed E-state index contributed by atoms with van der Waals surface area (Å²) in [5.41, 5.74) is 5.25. The van der Waals surface area contributed by atoms with Gasteiger partial charge in [0.1, 0.15) is 6.04 Å². The molecule has 5 heteroatoms. The molecule has 0 aliphatic rings. The second-order valence-electron chi connectivity index (χ2n) is 2.77. The van der Waals surface area contributed by atoms with Crippen LogP contribution in [-0.4, -0.2) is 28.2 Å². The standard InChI is InChI=1S/C7H13NO4/c1-4(2-3-5(9)10)6(8)7(11)12/h4,6H,2-3,8H2,1H3,(H,9,10)(H,11,12)/t4?,6-/m0/s1. The maximum Gasteiger partial charge on any atom is 0.320 e. The van der Waals surface area contributed by atoms with Crippen molar-refractivity contribution < 1.29 is 19.8 Å². The van der Waals surface area contributed by atoms with Crippen LogP contribution in [0.25, 0.3) is 0 Å². The summed E-state index contributed by atoms with van der Waals surface area (Å²) in [6, 6.07) is -0.968. The fraction of sp³-hybridized carbons (Fsp3) is 0.714. The second-order valence-corrected chi connectivity index (χ2v) is 2.77. The van der Waals surface area contributed by atoms with E-state index in [1.807, 2.05) is 0 Å². The van der Waals surface area contributed by atoms with Crippen molar-refractivity contribution in [1.29, 1.82) is 0 Å². The molecule has 0 aromatic heterocycles. The van der Waals surface area contributed by atoms with Gasteiger partial charge in [-0.1, -0.05) is 6.92 Å². The van der Waals surface area contributed by atoms with Crippen molar-refractivity contribution in [1.82, 2.24) is 0 Å². The number of hydrogen-bond acceptors (Lipinski definition) is 3. The van der Waals surface area contributed by atoms with Crippen LogP contribution in [0, 0.1) is 5.92 Å². The zero-order valence-corrected chi connectivity index (χ0v) is 6.86. The summed E-state index contributed by atoms with van der Waals surface area (Å²) in [7, 11) is 0. The average Bonchev–Trinajstić information content (AvgIpc) is 1.98. The van der Waals surface area contributed by atoms with Crippen molar-refractivity contribution in [2.24, 2.45) is 11.7 Å². The summed E-state index contributed by atoms with van der Waals surface area (Å²) in [6.07, 6.45) is 0.255. The molecule has 0 aromatic carbocycles. The van der Waals surface area contributed by atoms with Gasteiger partial charge in [0.15, 0.2) is 0 Å². The van der Waals surface area contributed by atoms with Crippen LogP contribution in [0.4, 0.5) is 0 Å². The molecule has 70 valence electrons. The van der Waals surface area contributed by atoms with Crippen molar-refractivity contribution in [3.8, 4) is 0 Å². The van der Waals surface area contributed by atoms with Crippen LogP contribution in [0.2, 0.25) is 0 Å². The molecule has 0 rings (SSSR count). The minimum atomic E-state index is -1.09. The maximum absolute atomic E-state index is 10.3. The minimum absolute atomic E-state index is 0.0395. The van der Waals surface area contributed by atoms with E-state index in [9.17, 15) is 9.59 Å². The van der Waals surface area contributed by atoms with E-state index in [0.717, 1.165) is 0 Å². The Morgan fingerprint density at radius 1 is 1.42 bits per heavy atom. The Kier molecular flexibility index (Phi) is 4.28. The van der Waals surface area contributed by atoms with Crippen molar-refractivity contribution in [3.63, 3.8) is 0 Å². The Morgan fingerprint density at radius 2 is 1.92 bits per heavy atom. The van der Waals surface area contributed by atoms with E-state index in [1.54, 1.807) is 6.92 Å². The molecule has 0 aliphatic heterocycles. The van der Waals surface area contributed by atoms with Gasteiger partial charge >= 0.3 is 11.9 Å². The summed E-state index contributed by atoms with van der Waals surface area (Å²) in [4.78, 5) is 20.4. The molecule has 0 heterocycles. The topological polar surface area (TPSA) is 101 Å². The number of carbonyl (C=O) groups is 2. The summed E-state index contributed by atoms with van der Waals surface area (Å²) < 4.78 is 0. The third-order valence-electron chi connectivity index (χ3n) is 1.71. The first-order chi connectivity index (χ1) is 5.45. The molecule has 0 spiro atoms. The number of rotatable bonds is 5. The molecule has 0 saturated carbocycles. The van der Waals surface area contributed by atoms with E-state index >= 15 is 0 Å². The molecule has 0 aromatic rings. The zero-order valence-electron chi connectivity index (χ0n) is 6.86. The molecule has 0 fully saturated rings. The van der Waals surface area contributed by atoms with Gasteiger partial charge < -0.3 is 15.9 Å². The number of carboxylic acid groups (broad SMARTS) is 2. The van der Waals surface area contributed by atoms with Crippen LogP contribution in [0.3, 0.4) is 0 Å². The number of aliphatic carboxylic acids is 2. The van der Waals surface area contributed by atoms with Crippen LogP contribution in [0.1, 0.15) is 19.8 Å². The Hall–Kier alpha value is -1.10. The third-order valence-corrected chi connectivity index (χ3v) is 1.71. The molecular formula is C7H13NO4. The SMILES string of the molecule is CC(CCC(=O)O)[C@H](N)C(=O)O. The lowest BCUT2D eigenvalue weighted by Gasteiger charge is -2.13. The van der Waals surface area contributed by atoms with Gasteiger partial charge in [-0.05, 0) is 12.3 Å². The first-order valence-electron chi connectivity index (χ1n) is 3.65. The van der Waals surface area contributed by atoms with Crippen LogP contribution in [0.5, 0.6) is 0 Å². The highest BCUT2D eigenvalue weighted by Crippen LogP contribution is 2.08. The Balaban J connectivity index is 3.79. The lowest BCUT2D eigenvalue weighted by molar-refractivity contribution is -0.141. The quantitative estimate of drug-likeness (QED) is 0.541. The fourth-order valence-electron chi connectivity index (χ4n) is 0.774. The van der Waals surface area contributed by atoms with Gasteiger partial charge in [0.25, 0.3) is 0 Å². The number of nitrogens with two attached hydrogens (primary N) is 1. The molecule has 1 unspecified atom stereocenters. The average molecular weight is 175 g/mol. The first kappa shape index (κ1) is 10.9. The van der Waals surface area contributed by atoms with Crippen LogP contribution >= 0.6 is 0 Å². The summed E-state index contributed by atoms with van der Waals surface area (Å²) in [6.45, 7) is 1.63. The van der Waals surface area contributed by atoms with Crippen LogP contribution < -0.4 is 5.73 Å². The van der Waals surface area contributed by atoms with Crippen molar-refractivity contribution in [2.75, 3.05) is 0 Å². The molecule has 5 nitrogen and oxygen atoms in total. The highest BCUT2D eigenvalue weighted by molar-refractivity contribution is 5.73. The van der Waals surface area contributed by atoms with E-state index in [4.69, 9.17) is 15.9 Å². The highest BCUT2D eigenvalue weighted by atomic mass is 16.4. The third kappa shape index (κ3) is 3.92. The van der Waals surface area contributed by atoms with Gasteiger partial charge in [-0.2, -0.15) is 0 Å². The normalized spacial score (nSPS) is 15.2. The van der Waals surface area contributed by atoms with Gasteiger partial charge in [0.05, 0.1) is 0 Å². The first-order valence-corrected chi connectivity index (χ1v) is 3.65. The van der Waals surface area contributed by atoms with E-state index in [2.05, 4.69) is 0 Å². The van der Waals surface area contributed by atoms with Crippen molar-refractivity contribution in [2.45, 2.75) is 25.8 Å². The molecule has 0 aliphatic carbocycles. The van der Waals surface area contributed by atoms with Crippen molar-refractivity contribution in [3.05, 3.63) is 0 Å². The molecule has 0 radical (unpaired) electrons. The highest BCUT2D eigenvalue weighted by Gasteiger charge is 2.20. The minimum Gasteiger partial charge on any atom is -0.481 e. The summed E-state index contributed by atoms with van der Waals surface area (Å²) in [5.74, 6) is -2.33. The van der Waals surface area contributed by atoms with Crippen molar-refractivity contribution >= 4 is 11.9 Å². The lowest BCUT2D eigenvalue weighted by Crippen LogP contribution is -2.36. The Morgan fingerprint density at radius 3 is 2.25 bits per heavy atom. The number of carboxylic acids is 2. The van der Waals surface area contributed by atoms with E-state index in [-0.39, 0.29) is 12.3 Å². The second kappa shape index (κ2) is 4.71. The summed E-state index contributed by atoms with van der Waals surface area (Å²) >= 11 is 0. The van der Waals surface area contributed by atoms with Crippen LogP contribution in [0.15, 0.2) is 0 Å². The van der Waals surface area contributed by atoms with Gasteiger partial charge in [-0.3, -0.25) is 9.59 Å². The largest absolute Gasteiger partial charge is 0.481 e. The smallest absolute Gasteiger partial charge is 0.320 e. The van der Waals surface area contributed by atoms with E-state index in [0.29, 0.717) is 6.42 Å². The summed E-state index contributed by atoms with van der Waals surface area (Å²) in [5, 5.41) is 16.7. The molecule has 4 N–H and O–H groups in total. The van der Waals surface area contributed by atoms with E-state index < -0.39 is 18.0 Å². The maximum atomic E-state index is 10.3. The van der Waals surface area contributed by atoms with Gasteiger partial charge in [0.2, 0.25) is 0 Å². The van der Waals surface area contributed by atoms with E-state index in [1.165, 1.54) is 0 Å². The molecule has 12 heavy (non-hydrogen) atoms. The van der Waals surface area contributed by atoms with Gasteiger partial charge in [-0.25, -0.2) is 0 Å². The van der Waals surface area contributed by atoms with Gasteiger partial charge in [0, 0.05) is 6.42 Å². The molecule has 0 amide bonds.